The lowest BCUT2D eigenvalue weighted by Gasteiger charge is -2.03. The molecule has 76 valence electrons. The molecule has 0 fully saturated rings. The number of benzene rings is 2. The summed E-state index contributed by atoms with van der Waals surface area (Å²) in [5.74, 6) is -0.963. The van der Waals surface area contributed by atoms with Gasteiger partial charge < -0.3 is 9.66 Å². The molecule has 0 amide bonds. The van der Waals surface area contributed by atoms with E-state index in [1.807, 2.05) is 12.1 Å². The molecule has 0 atom stereocenters. The van der Waals surface area contributed by atoms with Crippen LogP contribution in [-0.2, 0) is 0 Å². The van der Waals surface area contributed by atoms with Crippen LogP contribution in [0.25, 0.3) is 10.8 Å². The van der Waals surface area contributed by atoms with Crippen LogP contribution in [0.1, 0.15) is 10.4 Å². The lowest BCUT2D eigenvalue weighted by molar-refractivity contribution is 0.0697. The van der Waals surface area contributed by atoms with E-state index in [1.165, 1.54) is 0 Å². The van der Waals surface area contributed by atoms with Gasteiger partial charge in [-0.15, -0.1) is 0 Å². The van der Waals surface area contributed by atoms with Gasteiger partial charge in [0.25, 0.3) is 0 Å². The third-order valence-corrected chi connectivity index (χ3v) is 2.74. The summed E-state index contributed by atoms with van der Waals surface area (Å²) in [4.78, 5) is 11.4. The number of carboxylic acid groups (broad SMARTS) is 1. The minimum Gasteiger partial charge on any atom is -0.478 e. The summed E-state index contributed by atoms with van der Waals surface area (Å²) in [7, 11) is 0. The number of carboxylic acids is 1. The second-order valence-corrected chi connectivity index (χ2v) is 3.71. The zero-order chi connectivity index (χ0) is 10.8. The van der Waals surface area contributed by atoms with Gasteiger partial charge in [-0.2, -0.15) is 0 Å². The maximum Gasteiger partial charge on any atom is 0.335 e. The molecule has 0 spiro atoms. The minimum atomic E-state index is -0.963. The van der Waals surface area contributed by atoms with Crippen molar-refractivity contribution in [2.75, 3.05) is 0 Å². The minimum absolute atomic E-state index is 0.226. The average molecular weight is 220 g/mol. The Morgan fingerprint density at radius 2 is 2.00 bits per heavy atom. The molecule has 0 unspecified atom stereocenters. The van der Waals surface area contributed by atoms with Crippen LogP contribution in [0.2, 0.25) is 0 Å². The molecule has 0 aromatic heterocycles. The van der Waals surface area contributed by atoms with Gasteiger partial charge >= 0.3 is 5.97 Å². The zero-order valence-corrected chi connectivity index (χ0v) is 8.49. The summed E-state index contributed by atoms with van der Waals surface area (Å²) in [5, 5.41) is 10.5. The van der Waals surface area contributed by atoms with Crippen LogP contribution in [0.3, 0.4) is 0 Å². The quantitative estimate of drug-likeness (QED) is 0.763. The van der Waals surface area contributed by atoms with Gasteiger partial charge in [-0.3, -0.25) is 0 Å². The molecular formula is C11H8O3S. The highest BCUT2D eigenvalue weighted by atomic mass is 32.2. The van der Waals surface area contributed by atoms with E-state index in [4.69, 9.17) is 9.66 Å². The second kappa shape index (κ2) is 3.92. The molecule has 2 aromatic carbocycles. The van der Waals surface area contributed by atoms with Crippen LogP contribution in [0, 0.1) is 0 Å². The highest BCUT2D eigenvalue weighted by Gasteiger charge is 2.06. The maximum absolute atomic E-state index is 10.8. The third kappa shape index (κ3) is 1.82. The molecule has 0 saturated heterocycles. The molecule has 2 rings (SSSR count). The lowest BCUT2D eigenvalue weighted by Crippen LogP contribution is -1.95. The van der Waals surface area contributed by atoms with Crippen LogP contribution in [0.15, 0.2) is 41.3 Å². The Kier molecular flexibility index (Phi) is 2.62. The molecule has 2 aromatic rings. The van der Waals surface area contributed by atoms with Gasteiger partial charge in [0.2, 0.25) is 0 Å². The first-order valence-electron chi connectivity index (χ1n) is 4.30. The van der Waals surface area contributed by atoms with Crippen molar-refractivity contribution >= 4 is 28.8 Å². The summed E-state index contributed by atoms with van der Waals surface area (Å²) in [6, 6.07) is 10.3. The predicted octanol–water partition coefficient (Wildman–Crippen LogP) is 3.10. The fraction of sp³-hybridized carbons (Fsp3) is 0. The van der Waals surface area contributed by atoms with Crippen molar-refractivity contribution in [3.63, 3.8) is 0 Å². The topological polar surface area (TPSA) is 57.5 Å². The van der Waals surface area contributed by atoms with Crippen molar-refractivity contribution in [1.29, 1.82) is 0 Å². The van der Waals surface area contributed by atoms with Crippen LogP contribution in [0.5, 0.6) is 0 Å². The lowest BCUT2D eigenvalue weighted by atomic mass is 10.1. The monoisotopic (exact) mass is 220 g/mol. The van der Waals surface area contributed by atoms with Crippen LogP contribution >= 0.6 is 12.0 Å². The average Bonchev–Trinajstić information content (AvgIpc) is 2.27. The number of hydrogen-bond acceptors (Lipinski definition) is 3. The largest absolute Gasteiger partial charge is 0.478 e. The highest BCUT2D eigenvalue weighted by molar-refractivity contribution is 7.94. The van der Waals surface area contributed by atoms with Crippen molar-refractivity contribution in [3.8, 4) is 0 Å². The molecule has 2 N–H and O–H groups in total. The molecule has 0 aliphatic heterocycles. The molecule has 0 saturated carbocycles. The van der Waals surface area contributed by atoms with E-state index in [1.54, 1.807) is 24.3 Å². The Hall–Kier alpha value is -1.52. The molecule has 15 heavy (non-hydrogen) atoms. The van der Waals surface area contributed by atoms with Gasteiger partial charge in [0.1, 0.15) is 0 Å². The fourth-order valence-corrected chi connectivity index (χ4v) is 1.87. The molecule has 4 heteroatoms. The molecule has 0 radical (unpaired) electrons. The number of carbonyl (C=O) groups is 1. The number of rotatable bonds is 2. The molecule has 0 heterocycles. The van der Waals surface area contributed by atoms with E-state index >= 15 is 0 Å². The van der Waals surface area contributed by atoms with Crippen LogP contribution in [-0.4, -0.2) is 15.6 Å². The smallest absolute Gasteiger partial charge is 0.335 e. The Labute approximate surface area is 90.6 Å². The summed E-state index contributed by atoms with van der Waals surface area (Å²) >= 11 is 0.626. The summed E-state index contributed by atoms with van der Waals surface area (Å²) in [5.41, 5.74) is 0.226. The van der Waals surface area contributed by atoms with Crippen molar-refractivity contribution in [1.82, 2.24) is 0 Å². The van der Waals surface area contributed by atoms with Gasteiger partial charge in [-0.25, -0.2) is 4.79 Å². The van der Waals surface area contributed by atoms with E-state index in [9.17, 15) is 4.79 Å². The van der Waals surface area contributed by atoms with Gasteiger partial charge in [0, 0.05) is 16.9 Å². The Bertz CT molecular complexity index is 522. The van der Waals surface area contributed by atoms with E-state index < -0.39 is 5.97 Å². The Balaban J connectivity index is 2.72. The Morgan fingerprint density at radius 3 is 2.67 bits per heavy atom. The van der Waals surface area contributed by atoms with Crippen molar-refractivity contribution < 1.29 is 14.5 Å². The first kappa shape index (κ1) is 10.0. The predicted molar refractivity (Wildman–Crippen MR) is 59.4 cm³/mol. The molecular weight excluding hydrogens is 212 g/mol. The van der Waals surface area contributed by atoms with Gasteiger partial charge in [-0.1, -0.05) is 18.2 Å². The maximum atomic E-state index is 10.8. The van der Waals surface area contributed by atoms with Gasteiger partial charge in [-0.05, 0) is 29.0 Å². The Morgan fingerprint density at radius 1 is 1.20 bits per heavy atom. The van der Waals surface area contributed by atoms with Gasteiger partial charge in [0.05, 0.1) is 5.56 Å². The second-order valence-electron chi connectivity index (χ2n) is 3.09. The standard InChI is InChI=1S/C11H8O3S/c12-11(13)8-5-4-7-2-1-3-10(15-14)9(7)6-8/h1-6,14H,(H,12,13). The molecule has 3 nitrogen and oxygen atoms in total. The SMILES string of the molecule is O=C(O)c1ccc2cccc(SO)c2c1. The third-order valence-electron chi connectivity index (χ3n) is 2.19. The van der Waals surface area contributed by atoms with E-state index in [-0.39, 0.29) is 5.56 Å². The number of hydrogen-bond donors (Lipinski definition) is 2. The fourth-order valence-electron chi connectivity index (χ4n) is 1.46. The highest BCUT2D eigenvalue weighted by Crippen LogP contribution is 2.26. The number of aromatic carboxylic acids is 1. The van der Waals surface area contributed by atoms with Gasteiger partial charge in [0.15, 0.2) is 0 Å². The molecule has 0 bridgehead atoms. The van der Waals surface area contributed by atoms with Crippen molar-refractivity contribution in [2.24, 2.45) is 0 Å². The van der Waals surface area contributed by atoms with E-state index in [2.05, 4.69) is 0 Å². The van der Waals surface area contributed by atoms with E-state index in [0.29, 0.717) is 16.9 Å². The normalized spacial score (nSPS) is 10.5. The van der Waals surface area contributed by atoms with E-state index in [0.717, 1.165) is 10.8 Å². The summed E-state index contributed by atoms with van der Waals surface area (Å²) < 4.78 is 9.03. The van der Waals surface area contributed by atoms with Crippen molar-refractivity contribution in [2.45, 2.75) is 4.90 Å². The van der Waals surface area contributed by atoms with Crippen LogP contribution < -0.4 is 0 Å². The summed E-state index contributed by atoms with van der Waals surface area (Å²) in [6.07, 6.45) is 0. The molecule has 0 aliphatic carbocycles. The zero-order valence-electron chi connectivity index (χ0n) is 7.68. The molecule has 0 aliphatic rings. The first-order chi connectivity index (χ1) is 7.22. The number of fused-ring (bicyclic) bond motifs is 1. The van der Waals surface area contributed by atoms with Crippen LogP contribution in [0.4, 0.5) is 0 Å². The first-order valence-corrected chi connectivity index (χ1v) is 5.07. The summed E-state index contributed by atoms with van der Waals surface area (Å²) in [6.45, 7) is 0. The van der Waals surface area contributed by atoms with Crippen molar-refractivity contribution in [3.05, 3.63) is 42.0 Å².